The van der Waals surface area contributed by atoms with Crippen LogP contribution >= 0.6 is 11.3 Å². The van der Waals surface area contributed by atoms with Crippen LogP contribution in [0.15, 0.2) is 5.51 Å². The minimum absolute atomic E-state index is 0.380. The third kappa shape index (κ3) is 2.32. The summed E-state index contributed by atoms with van der Waals surface area (Å²) < 4.78 is 5.68. The Labute approximate surface area is 88.3 Å². The number of aryl methyl sites for hydroxylation is 1. The van der Waals surface area contributed by atoms with Gasteiger partial charge in [-0.15, -0.1) is 11.3 Å². The van der Waals surface area contributed by atoms with E-state index in [0.29, 0.717) is 12.1 Å². The zero-order valence-electron chi connectivity index (χ0n) is 8.40. The highest BCUT2D eigenvalue weighted by molar-refractivity contribution is 7.09. The first-order valence-corrected chi connectivity index (χ1v) is 5.90. The summed E-state index contributed by atoms with van der Waals surface area (Å²) in [5.74, 6) is 0. The van der Waals surface area contributed by atoms with Gasteiger partial charge in [-0.2, -0.15) is 0 Å². The Bertz CT molecular complexity index is 294. The van der Waals surface area contributed by atoms with Crippen LogP contribution in [0.3, 0.4) is 0 Å². The van der Waals surface area contributed by atoms with Crippen LogP contribution in [-0.4, -0.2) is 23.7 Å². The minimum atomic E-state index is 0.380. The summed E-state index contributed by atoms with van der Waals surface area (Å²) in [5, 5.41) is 0. The van der Waals surface area contributed by atoms with Crippen LogP contribution < -0.4 is 5.73 Å². The maximum absolute atomic E-state index is 5.68. The Kier molecular flexibility index (Phi) is 3.15. The number of rotatable bonds is 4. The molecule has 0 amide bonds. The van der Waals surface area contributed by atoms with Crippen molar-refractivity contribution in [1.82, 2.24) is 4.98 Å². The van der Waals surface area contributed by atoms with Crippen LogP contribution in [0.2, 0.25) is 0 Å². The first-order chi connectivity index (χ1) is 6.75. The van der Waals surface area contributed by atoms with Crippen LogP contribution in [0.25, 0.3) is 0 Å². The fourth-order valence-electron chi connectivity index (χ4n) is 1.63. The van der Waals surface area contributed by atoms with Crippen molar-refractivity contribution in [1.29, 1.82) is 0 Å². The zero-order valence-corrected chi connectivity index (χ0v) is 9.22. The van der Waals surface area contributed by atoms with Gasteiger partial charge in [0, 0.05) is 17.3 Å². The molecule has 14 heavy (non-hydrogen) atoms. The molecule has 1 heterocycles. The lowest BCUT2D eigenvalue weighted by Gasteiger charge is -2.32. The number of thiazole rings is 1. The van der Waals surface area contributed by atoms with Crippen molar-refractivity contribution >= 4 is 11.3 Å². The second-order valence-electron chi connectivity index (χ2n) is 3.84. The first-order valence-electron chi connectivity index (χ1n) is 5.02. The molecule has 0 aromatic carbocycles. The molecule has 1 aromatic rings. The van der Waals surface area contributed by atoms with Gasteiger partial charge in [0.25, 0.3) is 0 Å². The van der Waals surface area contributed by atoms with Crippen LogP contribution in [0.4, 0.5) is 0 Å². The largest absolute Gasteiger partial charge is 0.378 e. The molecule has 0 unspecified atom stereocenters. The van der Waals surface area contributed by atoms with Gasteiger partial charge in [0.05, 0.1) is 23.9 Å². The highest BCUT2D eigenvalue weighted by Gasteiger charge is 2.26. The van der Waals surface area contributed by atoms with Gasteiger partial charge >= 0.3 is 0 Å². The lowest BCUT2D eigenvalue weighted by Crippen LogP contribution is -2.41. The third-order valence-corrected chi connectivity index (χ3v) is 3.65. The Morgan fingerprint density at radius 1 is 1.64 bits per heavy atom. The Morgan fingerprint density at radius 3 is 3.00 bits per heavy atom. The average molecular weight is 212 g/mol. The molecule has 1 aromatic heterocycles. The summed E-state index contributed by atoms with van der Waals surface area (Å²) in [7, 11) is 0. The molecule has 1 saturated carbocycles. The highest BCUT2D eigenvalue weighted by Crippen LogP contribution is 2.21. The summed E-state index contributed by atoms with van der Waals surface area (Å²) in [4.78, 5) is 5.54. The molecule has 0 radical (unpaired) electrons. The summed E-state index contributed by atoms with van der Waals surface area (Å²) in [6, 6.07) is 0.380. The zero-order chi connectivity index (χ0) is 9.97. The molecule has 1 fully saturated rings. The molecule has 0 bridgehead atoms. The topological polar surface area (TPSA) is 48.1 Å². The molecule has 78 valence electrons. The van der Waals surface area contributed by atoms with Gasteiger partial charge in [0.15, 0.2) is 0 Å². The summed E-state index contributed by atoms with van der Waals surface area (Å²) in [5.41, 5.74) is 8.71. The van der Waals surface area contributed by atoms with Crippen LogP contribution in [0.1, 0.15) is 23.4 Å². The van der Waals surface area contributed by atoms with Crippen LogP contribution in [0.5, 0.6) is 0 Å². The van der Waals surface area contributed by atoms with Crippen molar-refractivity contribution < 1.29 is 4.74 Å². The van der Waals surface area contributed by atoms with E-state index in [-0.39, 0.29) is 0 Å². The number of ether oxygens (including phenoxy) is 1. The van der Waals surface area contributed by atoms with Crippen molar-refractivity contribution in [3.63, 3.8) is 0 Å². The van der Waals surface area contributed by atoms with Crippen molar-refractivity contribution in [3.8, 4) is 0 Å². The quantitative estimate of drug-likeness (QED) is 0.822. The van der Waals surface area contributed by atoms with Crippen molar-refractivity contribution in [2.24, 2.45) is 5.73 Å². The van der Waals surface area contributed by atoms with E-state index in [0.717, 1.165) is 31.6 Å². The van der Waals surface area contributed by atoms with Gasteiger partial charge in [0.2, 0.25) is 0 Å². The number of nitrogens with zero attached hydrogens (tertiary/aromatic N) is 1. The first kappa shape index (κ1) is 10.1. The summed E-state index contributed by atoms with van der Waals surface area (Å²) in [6.07, 6.45) is 3.46. The monoisotopic (exact) mass is 212 g/mol. The molecule has 1 aliphatic carbocycles. The second-order valence-corrected chi connectivity index (χ2v) is 4.77. The van der Waals surface area contributed by atoms with Gasteiger partial charge in [-0.05, 0) is 19.8 Å². The number of hydrogen-bond acceptors (Lipinski definition) is 4. The lowest BCUT2D eigenvalue weighted by atomic mass is 9.90. The van der Waals surface area contributed by atoms with E-state index in [9.17, 15) is 0 Å². The number of nitrogens with two attached hydrogens (primary N) is 1. The molecular weight excluding hydrogens is 196 g/mol. The number of aromatic nitrogens is 1. The van der Waals surface area contributed by atoms with Crippen molar-refractivity contribution in [2.75, 3.05) is 6.61 Å². The molecule has 4 heteroatoms. The average Bonchev–Trinajstić information content (AvgIpc) is 2.49. The SMILES string of the molecule is Cc1ncsc1CCOC1CC(N)C1. The smallest absolute Gasteiger partial charge is 0.0797 e. The van der Waals surface area contributed by atoms with E-state index >= 15 is 0 Å². The van der Waals surface area contributed by atoms with E-state index in [1.165, 1.54) is 4.88 Å². The third-order valence-electron chi connectivity index (χ3n) is 2.66. The van der Waals surface area contributed by atoms with E-state index < -0.39 is 0 Å². The minimum Gasteiger partial charge on any atom is -0.378 e. The summed E-state index contributed by atoms with van der Waals surface area (Å²) in [6.45, 7) is 2.85. The molecule has 2 rings (SSSR count). The maximum atomic E-state index is 5.68. The van der Waals surface area contributed by atoms with Crippen molar-refractivity contribution in [2.45, 2.75) is 38.3 Å². The Balaban J connectivity index is 1.66. The second kappa shape index (κ2) is 4.38. The fourth-order valence-corrected chi connectivity index (χ4v) is 2.39. The van der Waals surface area contributed by atoms with E-state index in [1.54, 1.807) is 11.3 Å². The molecule has 2 N–H and O–H groups in total. The standard InChI is InChI=1S/C10H16N2OS/c1-7-10(14-6-12-7)2-3-13-9-4-8(11)5-9/h6,8-9H,2-5,11H2,1H3. The van der Waals surface area contributed by atoms with Gasteiger partial charge in [0.1, 0.15) is 0 Å². The molecule has 0 spiro atoms. The van der Waals surface area contributed by atoms with E-state index in [1.807, 2.05) is 12.4 Å². The fraction of sp³-hybridized carbons (Fsp3) is 0.700. The number of hydrogen-bond donors (Lipinski definition) is 1. The van der Waals surface area contributed by atoms with E-state index in [2.05, 4.69) is 4.98 Å². The Morgan fingerprint density at radius 2 is 2.43 bits per heavy atom. The molecule has 0 aliphatic heterocycles. The predicted molar refractivity (Wildman–Crippen MR) is 57.5 cm³/mol. The maximum Gasteiger partial charge on any atom is 0.0797 e. The van der Waals surface area contributed by atoms with E-state index in [4.69, 9.17) is 10.5 Å². The highest BCUT2D eigenvalue weighted by atomic mass is 32.1. The normalized spacial score (nSPS) is 26.1. The molecule has 0 atom stereocenters. The Hall–Kier alpha value is -0.450. The molecular formula is C10H16N2OS. The van der Waals surface area contributed by atoms with Gasteiger partial charge in [-0.25, -0.2) is 4.98 Å². The van der Waals surface area contributed by atoms with Crippen molar-refractivity contribution in [3.05, 3.63) is 16.1 Å². The van der Waals surface area contributed by atoms with Gasteiger partial charge < -0.3 is 10.5 Å². The molecule has 1 aliphatic rings. The van der Waals surface area contributed by atoms with Gasteiger partial charge in [-0.1, -0.05) is 0 Å². The summed E-state index contributed by atoms with van der Waals surface area (Å²) >= 11 is 1.71. The molecule has 3 nitrogen and oxygen atoms in total. The lowest BCUT2D eigenvalue weighted by molar-refractivity contribution is -0.00646. The van der Waals surface area contributed by atoms with Gasteiger partial charge in [-0.3, -0.25) is 0 Å². The predicted octanol–water partition coefficient (Wildman–Crippen LogP) is 1.50. The molecule has 0 saturated heterocycles. The van der Waals surface area contributed by atoms with Crippen LogP contribution in [-0.2, 0) is 11.2 Å². The van der Waals surface area contributed by atoms with Crippen LogP contribution in [0, 0.1) is 6.92 Å².